The molecule has 0 saturated carbocycles. The van der Waals surface area contributed by atoms with Gasteiger partial charge in [0.05, 0.1) is 19.3 Å². The van der Waals surface area contributed by atoms with E-state index >= 15 is 0 Å². The number of carbonyl (C=O) groups is 1. The average Bonchev–Trinajstić information content (AvgIpc) is 2.84. The number of aliphatic hydroxyl groups excluding tert-OH is 1. The molecule has 1 unspecified atom stereocenters. The maximum absolute atomic E-state index is 12.3. The van der Waals surface area contributed by atoms with Crippen molar-refractivity contribution in [3.05, 3.63) is 40.4 Å². The molecule has 1 amide bonds. The Balaban J connectivity index is 2.24. The van der Waals surface area contributed by atoms with Gasteiger partial charge in [-0.25, -0.2) is 0 Å². The second-order valence-corrected chi connectivity index (χ2v) is 4.74. The number of para-hydroxylation sites is 1. The van der Waals surface area contributed by atoms with Gasteiger partial charge in [0, 0.05) is 7.05 Å². The van der Waals surface area contributed by atoms with Crippen molar-refractivity contribution < 1.29 is 14.6 Å². The highest BCUT2D eigenvalue weighted by atomic mass is 32.1. The molecule has 1 atom stereocenters. The second kappa shape index (κ2) is 6.51. The first-order chi connectivity index (χ1) is 10.1. The van der Waals surface area contributed by atoms with E-state index in [0.29, 0.717) is 21.9 Å². The molecule has 1 heterocycles. The van der Waals surface area contributed by atoms with E-state index in [0.717, 1.165) is 0 Å². The first-order valence-corrected chi connectivity index (χ1v) is 6.65. The highest BCUT2D eigenvalue weighted by Gasteiger charge is 2.21. The second-order valence-electron chi connectivity index (χ2n) is 4.35. The van der Waals surface area contributed by atoms with E-state index < -0.39 is 6.04 Å². The fourth-order valence-electron chi connectivity index (χ4n) is 1.93. The summed E-state index contributed by atoms with van der Waals surface area (Å²) >= 11 is 5.02. The Morgan fingerprint density at radius 3 is 2.86 bits per heavy atom. The molecule has 112 valence electrons. The smallest absolute Gasteiger partial charge is 0.255 e. The topological polar surface area (TPSA) is 92.2 Å². The number of rotatable bonds is 5. The fraction of sp³-hybridized carbons (Fsp3) is 0.308. The monoisotopic (exact) mass is 308 g/mol. The van der Waals surface area contributed by atoms with Gasteiger partial charge in [0.2, 0.25) is 0 Å². The Morgan fingerprint density at radius 2 is 2.29 bits per heavy atom. The van der Waals surface area contributed by atoms with Crippen molar-refractivity contribution in [2.24, 2.45) is 7.05 Å². The van der Waals surface area contributed by atoms with Crippen molar-refractivity contribution in [2.75, 3.05) is 13.7 Å². The SMILES string of the molecule is COc1ccccc1C(=O)NC(CO)c1n[nH]c(=S)n1C. The van der Waals surface area contributed by atoms with Gasteiger partial charge in [0.1, 0.15) is 11.8 Å². The Kier molecular flexibility index (Phi) is 4.71. The van der Waals surface area contributed by atoms with Crippen molar-refractivity contribution >= 4 is 18.1 Å². The lowest BCUT2D eigenvalue weighted by Gasteiger charge is -2.16. The maximum Gasteiger partial charge on any atom is 0.255 e. The minimum Gasteiger partial charge on any atom is -0.496 e. The molecule has 0 bridgehead atoms. The van der Waals surface area contributed by atoms with Crippen LogP contribution in [0, 0.1) is 4.77 Å². The Morgan fingerprint density at radius 1 is 1.57 bits per heavy atom. The molecule has 0 fully saturated rings. The molecule has 21 heavy (non-hydrogen) atoms. The molecule has 0 aliphatic heterocycles. The number of H-pyrrole nitrogens is 1. The van der Waals surface area contributed by atoms with Crippen molar-refractivity contribution in [3.8, 4) is 5.75 Å². The summed E-state index contributed by atoms with van der Waals surface area (Å²) in [5, 5.41) is 18.8. The standard InChI is InChI=1S/C13H16N4O3S/c1-17-11(15-16-13(17)21)9(7-18)14-12(19)8-5-3-4-6-10(8)20-2/h3-6,9,18H,7H2,1-2H3,(H,14,19)(H,16,21). The fourth-order valence-corrected chi connectivity index (χ4v) is 2.07. The summed E-state index contributed by atoms with van der Waals surface area (Å²) in [6.45, 7) is -0.297. The van der Waals surface area contributed by atoms with E-state index in [1.165, 1.54) is 7.11 Å². The summed E-state index contributed by atoms with van der Waals surface area (Å²) in [7, 11) is 3.20. The van der Waals surface area contributed by atoms with Crippen LogP contribution in [0.5, 0.6) is 5.75 Å². The lowest BCUT2D eigenvalue weighted by atomic mass is 10.1. The van der Waals surface area contributed by atoms with Crippen LogP contribution in [0.4, 0.5) is 0 Å². The van der Waals surface area contributed by atoms with E-state index in [1.54, 1.807) is 35.9 Å². The number of benzene rings is 1. The van der Waals surface area contributed by atoms with E-state index in [2.05, 4.69) is 15.5 Å². The van der Waals surface area contributed by atoms with Gasteiger partial charge in [0.15, 0.2) is 10.6 Å². The largest absolute Gasteiger partial charge is 0.496 e. The first kappa shape index (κ1) is 15.2. The van der Waals surface area contributed by atoms with Crippen molar-refractivity contribution in [3.63, 3.8) is 0 Å². The van der Waals surface area contributed by atoms with Gasteiger partial charge in [-0.3, -0.25) is 9.89 Å². The Labute approximate surface area is 126 Å². The Bertz CT molecular complexity index is 695. The van der Waals surface area contributed by atoms with Crippen LogP contribution in [-0.2, 0) is 7.05 Å². The summed E-state index contributed by atoms with van der Waals surface area (Å²) in [6.07, 6.45) is 0. The van der Waals surface area contributed by atoms with Crippen molar-refractivity contribution in [2.45, 2.75) is 6.04 Å². The number of methoxy groups -OCH3 is 1. The van der Waals surface area contributed by atoms with Crippen LogP contribution in [0.15, 0.2) is 24.3 Å². The van der Waals surface area contributed by atoms with Crippen LogP contribution >= 0.6 is 12.2 Å². The maximum atomic E-state index is 12.3. The van der Waals surface area contributed by atoms with Gasteiger partial charge in [0.25, 0.3) is 5.91 Å². The molecule has 0 saturated heterocycles. The summed E-state index contributed by atoms with van der Waals surface area (Å²) in [6, 6.07) is 6.18. The average molecular weight is 308 g/mol. The van der Waals surface area contributed by atoms with Gasteiger partial charge in [-0.1, -0.05) is 12.1 Å². The summed E-state index contributed by atoms with van der Waals surface area (Å²) in [5.41, 5.74) is 0.384. The lowest BCUT2D eigenvalue weighted by Crippen LogP contribution is -2.32. The zero-order chi connectivity index (χ0) is 15.4. The normalized spacial score (nSPS) is 12.0. The molecule has 8 heteroatoms. The van der Waals surface area contributed by atoms with Gasteiger partial charge in [-0.05, 0) is 24.4 Å². The molecule has 0 aliphatic rings. The quantitative estimate of drug-likeness (QED) is 0.715. The van der Waals surface area contributed by atoms with Crippen LogP contribution in [0.25, 0.3) is 0 Å². The third-order valence-electron chi connectivity index (χ3n) is 3.07. The molecule has 1 aromatic heterocycles. The van der Waals surface area contributed by atoms with E-state index in [9.17, 15) is 9.90 Å². The number of carbonyl (C=O) groups excluding carboxylic acids is 1. The number of ether oxygens (including phenoxy) is 1. The molecule has 0 radical (unpaired) electrons. The van der Waals surface area contributed by atoms with Crippen molar-refractivity contribution in [1.29, 1.82) is 0 Å². The van der Waals surface area contributed by atoms with Crippen LogP contribution in [0.1, 0.15) is 22.2 Å². The highest BCUT2D eigenvalue weighted by Crippen LogP contribution is 2.18. The summed E-state index contributed by atoms with van der Waals surface area (Å²) in [4.78, 5) is 12.3. The van der Waals surface area contributed by atoms with Gasteiger partial charge < -0.3 is 19.7 Å². The van der Waals surface area contributed by atoms with Gasteiger partial charge in [-0.15, -0.1) is 0 Å². The summed E-state index contributed by atoms with van der Waals surface area (Å²) in [5.74, 6) is 0.549. The molecular weight excluding hydrogens is 292 g/mol. The van der Waals surface area contributed by atoms with Crippen LogP contribution in [0.2, 0.25) is 0 Å². The number of aromatic nitrogens is 3. The third-order valence-corrected chi connectivity index (χ3v) is 3.43. The molecule has 1 aromatic carbocycles. The number of aliphatic hydroxyl groups is 1. The predicted molar refractivity (Wildman–Crippen MR) is 78.7 cm³/mol. The minimum absolute atomic E-state index is 0.297. The molecular formula is C13H16N4O3S. The minimum atomic E-state index is -0.666. The predicted octanol–water partition coefficient (Wildman–Crippen LogP) is 0.950. The zero-order valence-corrected chi connectivity index (χ0v) is 12.5. The van der Waals surface area contributed by atoms with Crippen LogP contribution in [0.3, 0.4) is 0 Å². The van der Waals surface area contributed by atoms with Crippen molar-refractivity contribution in [1.82, 2.24) is 20.1 Å². The van der Waals surface area contributed by atoms with Gasteiger partial charge >= 0.3 is 0 Å². The number of nitrogens with zero attached hydrogens (tertiary/aromatic N) is 2. The number of amides is 1. The third kappa shape index (κ3) is 3.11. The van der Waals surface area contributed by atoms with Gasteiger partial charge in [-0.2, -0.15) is 5.10 Å². The van der Waals surface area contributed by atoms with Crippen LogP contribution < -0.4 is 10.1 Å². The number of hydrogen-bond donors (Lipinski definition) is 3. The Hall–Kier alpha value is -2.19. The molecule has 0 spiro atoms. The lowest BCUT2D eigenvalue weighted by molar-refractivity contribution is 0.0909. The van der Waals surface area contributed by atoms with E-state index in [1.807, 2.05) is 0 Å². The molecule has 3 N–H and O–H groups in total. The van der Waals surface area contributed by atoms with Crippen LogP contribution in [-0.4, -0.2) is 39.5 Å². The molecule has 7 nitrogen and oxygen atoms in total. The molecule has 2 aromatic rings. The number of hydrogen-bond acceptors (Lipinski definition) is 5. The summed E-state index contributed by atoms with van der Waals surface area (Å²) < 4.78 is 7.16. The number of aromatic amines is 1. The zero-order valence-electron chi connectivity index (χ0n) is 11.7. The first-order valence-electron chi connectivity index (χ1n) is 6.24. The van der Waals surface area contributed by atoms with E-state index in [4.69, 9.17) is 17.0 Å². The molecule has 0 aliphatic carbocycles. The highest BCUT2D eigenvalue weighted by molar-refractivity contribution is 7.71. The van der Waals surface area contributed by atoms with E-state index in [-0.39, 0.29) is 12.5 Å². The number of nitrogens with one attached hydrogen (secondary N) is 2. The molecule has 2 rings (SSSR count).